The summed E-state index contributed by atoms with van der Waals surface area (Å²) in [4.78, 5) is 44.2. The van der Waals surface area contributed by atoms with Crippen LogP contribution in [-0.4, -0.2) is 28.4 Å². The lowest BCUT2D eigenvalue weighted by Crippen LogP contribution is -1.94. The quantitative estimate of drug-likeness (QED) is 0.814. The van der Waals surface area contributed by atoms with Crippen LogP contribution >= 0.6 is 0 Å². The topological polar surface area (TPSA) is 152 Å². The molecular formula is C13H14O9. The summed E-state index contributed by atoms with van der Waals surface area (Å²) < 4.78 is 9.27. The molecule has 0 saturated heterocycles. The fourth-order valence-electron chi connectivity index (χ4n) is 1.08. The Kier molecular flexibility index (Phi) is 10.1. The molecule has 0 aliphatic carbocycles. The molecule has 9 nitrogen and oxygen atoms in total. The van der Waals surface area contributed by atoms with Crippen molar-refractivity contribution in [2.24, 2.45) is 0 Å². The Labute approximate surface area is 124 Å². The van der Waals surface area contributed by atoms with Gasteiger partial charge in [0, 0.05) is 9.93 Å². The first-order chi connectivity index (χ1) is 9.93. The lowest BCUT2D eigenvalue weighted by atomic mass is 10.4. The minimum atomic E-state index is -1.28. The van der Waals surface area contributed by atoms with E-state index in [1.54, 1.807) is 19.1 Å². The number of hydrogen-bond acceptors (Lipinski definition) is 7. The Morgan fingerprint density at radius 1 is 0.955 bits per heavy atom. The van der Waals surface area contributed by atoms with E-state index in [2.05, 4.69) is 4.42 Å². The molecule has 0 fully saturated rings. The van der Waals surface area contributed by atoms with Crippen LogP contribution in [0.5, 0.6) is 0 Å². The van der Waals surface area contributed by atoms with Gasteiger partial charge >= 0.3 is 11.9 Å². The van der Waals surface area contributed by atoms with E-state index in [9.17, 15) is 14.4 Å². The van der Waals surface area contributed by atoms with Crippen LogP contribution in [0.2, 0.25) is 0 Å². The lowest BCUT2D eigenvalue weighted by molar-refractivity contribution is 0.0631. The highest BCUT2D eigenvalue weighted by atomic mass is 16.7. The average molecular weight is 314 g/mol. The summed E-state index contributed by atoms with van der Waals surface area (Å²) >= 11 is 0. The van der Waals surface area contributed by atoms with Gasteiger partial charge in [-0.1, -0.05) is 7.43 Å². The van der Waals surface area contributed by atoms with Gasteiger partial charge in [-0.05, 0) is 31.2 Å². The van der Waals surface area contributed by atoms with E-state index < -0.39 is 11.9 Å². The summed E-state index contributed by atoms with van der Waals surface area (Å²) in [6, 6.07) is 5.57. The normalized spacial score (nSPS) is 8.23. The van der Waals surface area contributed by atoms with Gasteiger partial charge in [-0.3, -0.25) is 4.79 Å². The summed E-state index contributed by atoms with van der Waals surface area (Å²) in [7, 11) is 0. The van der Waals surface area contributed by atoms with E-state index in [4.69, 9.17) is 24.6 Å². The second kappa shape index (κ2) is 10.5. The molecule has 9 heteroatoms. The van der Waals surface area contributed by atoms with Crippen molar-refractivity contribution >= 4 is 18.2 Å². The van der Waals surface area contributed by atoms with Gasteiger partial charge in [0.1, 0.15) is 5.76 Å². The van der Waals surface area contributed by atoms with Gasteiger partial charge in [0.25, 0.3) is 0 Å². The second-order valence-corrected chi connectivity index (χ2v) is 3.34. The van der Waals surface area contributed by atoms with Gasteiger partial charge < -0.3 is 19.0 Å². The van der Waals surface area contributed by atoms with Gasteiger partial charge in [0.15, 0.2) is 12.0 Å². The summed E-state index contributed by atoms with van der Waals surface area (Å²) in [5.74, 6) is -2.14. The monoisotopic (exact) mass is 314 g/mol. The average Bonchev–Trinajstić information content (AvgIpc) is 3.10. The van der Waals surface area contributed by atoms with E-state index in [0.29, 0.717) is 12.0 Å². The minimum absolute atomic E-state index is 0. The number of carbonyl (C=O) groups excluding carboxylic acids is 1. The van der Waals surface area contributed by atoms with Crippen LogP contribution in [0.3, 0.4) is 0 Å². The van der Waals surface area contributed by atoms with Crippen molar-refractivity contribution in [3.05, 3.63) is 57.2 Å². The van der Waals surface area contributed by atoms with Gasteiger partial charge in [-0.15, -0.1) is 0 Å². The maximum atomic E-state index is 10.2. The van der Waals surface area contributed by atoms with E-state index in [1.165, 1.54) is 0 Å². The van der Waals surface area contributed by atoms with E-state index in [1.807, 2.05) is 0 Å². The Bertz CT molecular complexity index is 580. The molecule has 0 aliphatic heterocycles. The number of aromatic carboxylic acids is 2. The fraction of sp³-hybridized carbons (Fsp3) is 0.154. The summed E-state index contributed by atoms with van der Waals surface area (Å²) in [5.41, 5.74) is 0. The van der Waals surface area contributed by atoms with Crippen molar-refractivity contribution in [2.75, 3.05) is 0 Å². The third kappa shape index (κ3) is 6.80. The predicted molar refractivity (Wildman–Crippen MR) is 74.9 cm³/mol. The van der Waals surface area contributed by atoms with Crippen molar-refractivity contribution in [3.8, 4) is 0 Å². The molecule has 0 spiro atoms. The van der Waals surface area contributed by atoms with Crippen molar-refractivity contribution < 1.29 is 33.4 Å². The third-order valence-corrected chi connectivity index (χ3v) is 1.90. The molecule has 0 bridgehead atoms. The number of carbonyl (C=O) groups is 3. The zero-order valence-corrected chi connectivity index (χ0v) is 10.6. The molecule has 0 aliphatic rings. The SMILES string of the molecule is C.Cc1ccc(C=O)o1.O=C(O)c1ccc(C(=O)O)o1.O=O. The van der Waals surface area contributed by atoms with Crippen LogP contribution < -0.4 is 0 Å². The van der Waals surface area contributed by atoms with Gasteiger partial charge in [-0.2, -0.15) is 0 Å². The van der Waals surface area contributed by atoms with Crippen LogP contribution in [0.1, 0.15) is 44.9 Å². The molecule has 2 aromatic heterocycles. The van der Waals surface area contributed by atoms with Crippen molar-refractivity contribution in [2.45, 2.75) is 14.4 Å². The maximum absolute atomic E-state index is 10.2. The first kappa shape index (κ1) is 21.1. The fourth-order valence-corrected chi connectivity index (χ4v) is 1.08. The van der Waals surface area contributed by atoms with E-state index in [0.717, 1.165) is 17.9 Å². The molecule has 0 unspecified atom stereocenters. The van der Waals surface area contributed by atoms with E-state index in [-0.39, 0.29) is 18.9 Å². The molecule has 0 radical (unpaired) electrons. The molecule has 0 amide bonds. The second-order valence-electron chi connectivity index (χ2n) is 3.34. The molecule has 0 aromatic carbocycles. The van der Waals surface area contributed by atoms with Crippen LogP contribution in [0, 0.1) is 16.9 Å². The largest absolute Gasteiger partial charge is 0.475 e. The molecule has 22 heavy (non-hydrogen) atoms. The van der Waals surface area contributed by atoms with Crippen LogP contribution in [0.4, 0.5) is 0 Å². The summed E-state index contributed by atoms with van der Waals surface area (Å²) in [6.07, 6.45) is 0.688. The van der Waals surface area contributed by atoms with Crippen LogP contribution in [0.25, 0.3) is 0 Å². The smallest absolute Gasteiger partial charge is 0.371 e. The number of rotatable bonds is 3. The first-order valence-electron chi connectivity index (χ1n) is 5.18. The highest BCUT2D eigenvalue weighted by molar-refractivity contribution is 5.88. The van der Waals surface area contributed by atoms with E-state index >= 15 is 0 Å². The standard InChI is InChI=1S/C6H4O5.C6H6O2.CH4.O2/c7-5(8)3-1-2-4(11-3)6(9)10;1-5-2-3-6(4-7)8-5;;1-2/h1-2H,(H,7,8)(H,9,10);2-4H,1H3;1H4;. The minimum Gasteiger partial charge on any atom is -0.475 e. The molecule has 120 valence electrons. The molecule has 0 saturated carbocycles. The Balaban J connectivity index is 0. The number of hydrogen-bond donors (Lipinski definition) is 2. The summed E-state index contributed by atoms with van der Waals surface area (Å²) in [5, 5.41) is 16.6. The van der Waals surface area contributed by atoms with Crippen molar-refractivity contribution in [3.63, 3.8) is 0 Å². The summed E-state index contributed by atoms with van der Waals surface area (Å²) in [6.45, 7) is 1.80. The third-order valence-electron chi connectivity index (χ3n) is 1.90. The molecule has 2 heterocycles. The molecular weight excluding hydrogens is 300 g/mol. The molecule has 2 aromatic rings. The van der Waals surface area contributed by atoms with Gasteiger partial charge in [-0.25, -0.2) is 9.59 Å². The van der Waals surface area contributed by atoms with Crippen molar-refractivity contribution in [1.82, 2.24) is 0 Å². The first-order valence-corrected chi connectivity index (χ1v) is 5.18. The highest BCUT2D eigenvalue weighted by Gasteiger charge is 2.12. The highest BCUT2D eigenvalue weighted by Crippen LogP contribution is 2.06. The zero-order valence-electron chi connectivity index (χ0n) is 10.6. The van der Waals surface area contributed by atoms with Crippen molar-refractivity contribution in [1.29, 1.82) is 0 Å². The Morgan fingerprint density at radius 3 is 1.59 bits per heavy atom. The number of carboxylic acids is 2. The van der Waals surface area contributed by atoms with Gasteiger partial charge in [0.05, 0.1) is 0 Å². The van der Waals surface area contributed by atoms with Crippen LogP contribution in [0.15, 0.2) is 33.1 Å². The zero-order chi connectivity index (χ0) is 16.4. The van der Waals surface area contributed by atoms with Gasteiger partial charge in [0.2, 0.25) is 11.5 Å². The molecule has 2 N–H and O–H groups in total. The Hall–Kier alpha value is -3.23. The lowest BCUT2D eigenvalue weighted by Gasteiger charge is -1.84. The van der Waals surface area contributed by atoms with Crippen LogP contribution in [-0.2, 0) is 0 Å². The number of carboxylic acid groups (broad SMARTS) is 2. The maximum Gasteiger partial charge on any atom is 0.371 e. The number of aryl methyl sites for hydroxylation is 1. The number of furan rings is 2. The number of aldehydes is 1. The molecule has 0 atom stereocenters. The molecule has 2 rings (SSSR count). The Morgan fingerprint density at radius 2 is 1.41 bits per heavy atom. The predicted octanol–water partition coefficient (Wildman–Crippen LogP) is 2.78.